The van der Waals surface area contributed by atoms with E-state index >= 15 is 0 Å². The Hall–Kier alpha value is 0.928. The number of rotatable bonds is 0. The maximum absolute atomic E-state index is 4.60. The van der Waals surface area contributed by atoms with Gasteiger partial charge >= 0.3 is 0 Å². The van der Waals surface area contributed by atoms with Crippen LogP contribution < -0.4 is 0 Å². The van der Waals surface area contributed by atoms with Crippen molar-refractivity contribution in [3.05, 3.63) is 0 Å². The molecule has 0 rings (SSSR count). The van der Waals surface area contributed by atoms with Gasteiger partial charge in [-0.05, 0) is 18.5 Å². The Morgan fingerprint density at radius 1 is 1.71 bits per heavy atom. The molecular weight excluding hydrogens is 311 g/mol. The Balaban J connectivity index is 0. The minimum absolute atomic E-state index is 0. The molecule has 0 amide bonds. The molecule has 0 N–H and O–H groups in total. The molecular formula is C3H6OPtS2. The zero-order valence-corrected chi connectivity index (χ0v) is 7.95. The molecule has 1 nitrogen and oxygen atoms in total. The standard InChI is InChI=1S/C3H6OS2.Pt/c1-4-3(5)6-2;/h1-2H3;. The Morgan fingerprint density at radius 3 is 2.14 bits per heavy atom. The van der Waals surface area contributed by atoms with E-state index in [4.69, 9.17) is 0 Å². The van der Waals surface area contributed by atoms with E-state index in [-0.39, 0.29) is 21.1 Å². The van der Waals surface area contributed by atoms with Gasteiger partial charge in [0.15, 0.2) is 0 Å². The van der Waals surface area contributed by atoms with Crippen LogP contribution in [0.15, 0.2) is 0 Å². The van der Waals surface area contributed by atoms with E-state index in [1.807, 2.05) is 6.26 Å². The molecule has 0 radical (unpaired) electrons. The molecule has 0 saturated heterocycles. The molecule has 7 heavy (non-hydrogen) atoms. The molecule has 0 aromatic heterocycles. The Labute approximate surface area is 67.5 Å². The van der Waals surface area contributed by atoms with Crippen LogP contribution in [0, 0.1) is 0 Å². The zero-order valence-electron chi connectivity index (χ0n) is 4.04. The molecule has 46 valence electrons. The molecule has 0 fully saturated rings. The molecule has 0 aliphatic heterocycles. The number of methoxy groups -OCH3 is 1. The Kier molecular flexibility index (Phi) is 10.7. The van der Waals surface area contributed by atoms with E-state index in [0.29, 0.717) is 4.38 Å². The number of thiocarbonyl (C=S) groups is 1. The van der Waals surface area contributed by atoms with Crippen molar-refractivity contribution in [2.24, 2.45) is 0 Å². The van der Waals surface area contributed by atoms with Gasteiger partial charge in [-0.25, -0.2) is 0 Å². The van der Waals surface area contributed by atoms with E-state index in [1.165, 1.54) is 11.8 Å². The van der Waals surface area contributed by atoms with Crippen molar-refractivity contribution in [3.63, 3.8) is 0 Å². The molecule has 0 aliphatic carbocycles. The van der Waals surface area contributed by atoms with Crippen molar-refractivity contribution >= 4 is 28.4 Å². The monoisotopic (exact) mass is 317 g/mol. The summed E-state index contributed by atoms with van der Waals surface area (Å²) in [6, 6.07) is 0. The summed E-state index contributed by atoms with van der Waals surface area (Å²) in [4.78, 5) is 0. The van der Waals surface area contributed by atoms with Crippen LogP contribution in [-0.2, 0) is 25.8 Å². The second kappa shape index (κ2) is 6.93. The van der Waals surface area contributed by atoms with Crippen molar-refractivity contribution < 1.29 is 25.8 Å². The van der Waals surface area contributed by atoms with Gasteiger partial charge in [0.25, 0.3) is 0 Å². The molecule has 0 aliphatic rings. The van der Waals surface area contributed by atoms with E-state index in [1.54, 1.807) is 7.11 Å². The van der Waals surface area contributed by atoms with Gasteiger partial charge in [-0.1, -0.05) is 11.8 Å². The average molecular weight is 317 g/mol. The number of ether oxygens (including phenoxy) is 1. The summed E-state index contributed by atoms with van der Waals surface area (Å²) >= 11 is 6.03. The van der Waals surface area contributed by atoms with E-state index in [9.17, 15) is 0 Å². The van der Waals surface area contributed by atoms with Crippen molar-refractivity contribution in [1.82, 2.24) is 0 Å². The summed E-state index contributed by atoms with van der Waals surface area (Å²) in [7, 11) is 1.57. The first-order valence-corrected chi connectivity index (χ1v) is 3.06. The topological polar surface area (TPSA) is 9.23 Å². The van der Waals surface area contributed by atoms with Crippen LogP contribution in [0.2, 0.25) is 0 Å². The fourth-order valence-corrected chi connectivity index (χ4v) is 0.250. The third-order valence-corrected chi connectivity index (χ3v) is 1.50. The number of thioether (sulfide) groups is 1. The quantitative estimate of drug-likeness (QED) is 0.623. The minimum atomic E-state index is 0. The van der Waals surface area contributed by atoms with Gasteiger partial charge in [0.05, 0.1) is 7.11 Å². The van der Waals surface area contributed by atoms with Crippen molar-refractivity contribution in [2.45, 2.75) is 0 Å². The van der Waals surface area contributed by atoms with Crippen molar-refractivity contribution in [2.75, 3.05) is 13.4 Å². The maximum atomic E-state index is 4.60. The summed E-state index contributed by atoms with van der Waals surface area (Å²) in [5.41, 5.74) is 0. The predicted octanol–water partition coefficient (Wildman–Crippen LogP) is 1.28. The average Bonchev–Trinajstić information content (AvgIpc) is 1.65. The van der Waals surface area contributed by atoms with Crippen LogP contribution in [0.1, 0.15) is 0 Å². The predicted molar refractivity (Wildman–Crippen MR) is 33.1 cm³/mol. The van der Waals surface area contributed by atoms with E-state index in [0.717, 1.165) is 0 Å². The van der Waals surface area contributed by atoms with Gasteiger partial charge in [-0.3, -0.25) is 0 Å². The molecule has 0 aromatic rings. The maximum Gasteiger partial charge on any atom is 0.219 e. The SMILES string of the molecule is COC(=S)SC.[Pt]. The second-order valence-corrected chi connectivity index (χ2v) is 2.07. The third kappa shape index (κ3) is 6.93. The van der Waals surface area contributed by atoms with Crippen LogP contribution in [0.25, 0.3) is 0 Å². The van der Waals surface area contributed by atoms with Crippen LogP contribution >= 0.6 is 24.0 Å². The van der Waals surface area contributed by atoms with E-state index in [2.05, 4.69) is 17.0 Å². The van der Waals surface area contributed by atoms with Gasteiger partial charge < -0.3 is 4.74 Å². The first-order chi connectivity index (χ1) is 2.81. The van der Waals surface area contributed by atoms with Crippen LogP contribution in [0.5, 0.6) is 0 Å². The van der Waals surface area contributed by atoms with Gasteiger partial charge in [-0.2, -0.15) is 0 Å². The molecule has 0 aromatic carbocycles. The molecule has 4 heteroatoms. The molecule has 0 spiro atoms. The van der Waals surface area contributed by atoms with Crippen LogP contribution in [-0.4, -0.2) is 17.7 Å². The summed E-state index contributed by atoms with van der Waals surface area (Å²) in [6.07, 6.45) is 1.88. The van der Waals surface area contributed by atoms with Crippen LogP contribution in [0.3, 0.4) is 0 Å². The Bertz CT molecular complexity index is 50.9. The second-order valence-electron chi connectivity index (χ2n) is 0.658. The molecule has 0 unspecified atom stereocenters. The summed E-state index contributed by atoms with van der Waals surface area (Å²) < 4.78 is 5.19. The fraction of sp³-hybridized carbons (Fsp3) is 0.667. The molecule has 0 bridgehead atoms. The van der Waals surface area contributed by atoms with Gasteiger partial charge in [-0.15, -0.1) is 0 Å². The third-order valence-electron chi connectivity index (χ3n) is 0.333. The smallest absolute Gasteiger partial charge is 0.219 e. The van der Waals surface area contributed by atoms with Gasteiger partial charge in [0.1, 0.15) is 0 Å². The fourth-order valence-electron chi connectivity index (χ4n) is 0.0833. The molecule has 0 heterocycles. The molecule has 0 atom stereocenters. The first kappa shape index (κ1) is 10.8. The minimum Gasteiger partial charge on any atom is -0.482 e. The summed E-state index contributed by atoms with van der Waals surface area (Å²) in [5, 5.41) is 0. The number of hydrogen-bond donors (Lipinski definition) is 0. The molecule has 0 saturated carbocycles. The Morgan fingerprint density at radius 2 is 2.14 bits per heavy atom. The number of hydrogen-bond acceptors (Lipinski definition) is 3. The summed E-state index contributed by atoms with van der Waals surface area (Å²) in [6.45, 7) is 0. The summed E-state index contributed by atoms with van der Waals surface area (Å²) in [5.74, 6) is 0. The normalized spacial score (nSPS) is 6.57. The first-order valence-electron chi connectivity index (χ1n) is 1.43. The largest absolute Gasteiger partial charge is 0.482 e. The van der Waals surface area contributed by atoms with Crippen molar-refractivity contribution in [3.8, 4) is 0 Å². The van der Waals surface area contributed by atoms with Gasteiger partial charge in [0, 0.05) is 21.1 Å². The van der Waals surface area contributed by atoms with Gasteiger partial charge in [0.2, 0.25) is 4.38 Å². The zero-order chi connectivity index (χ0) is 4.99. The van der Waals surface area contributed by atoms with E-state index < -0.39 is 0 Å². The van der Waals surface area contributed by atoms with Crippen molar-refractivity contribution in [1.29, 1.82) is 0 Å². The van der Waals surface area contributed by atoms with Crippen LogP contribution in [0.4, 0.5) is 0 Å².